The van der Waals surface area contributed by atoms with E-state index in [1.807, 2.05) is 29.8 Å². The van der Waals surface area contributed by atoms with Crippen LogP contribution in [0.2, 0.25) is 0 Å². The second-order valence-corrected chi connectivity index (χ2v) is 6.16. The maximum Gasteiger partial charge on any atom is 0.159 e. The molecule has 3 aromatic rings. The molecule has 0 radical (unpaired) electrons. The monoisotopic (exact) mass is 284 g/mol. The van der Waals surface area contributed by atoms with E-state index >= 15 is 0 Å². The van der Waals surface area contributed by atoms with Crippen LogP contribution in [0.1, 0.15) is 0 Å². The zero-order chi connectivity index (χ0) is 11.4. The lowest BCUT2D eigenvalue weighted by molar-refractivity contribution is 1.40. The van der Waals surface area contributed by atoms with Crippen LogP contribution in [-0.2, 0) is 0 Å². The highest BCUT2D eigenvalue weighted by atomic mass is 32.2. The van der Waals surface area contributed by atoms with E-state index in [1.54, 1.807) is 11.3 Å². The molecule has 0 aliphatic rings. The molecule has 82 valence electrons. The largest absolute Gasteiger partial charge is 0.344 e. The average Bonchev–Trinajstić information content (AvgIpc) is 2.86. The van der Waals surface area contributed by atoms with Crippen LogP contribution in [0.3, 0.4) is 0 Å². The topological polar surface area (TPSA) is 31.6 Å². The molecular weight excluding hydrogens is 276 g/mol. The van der Waals surface area contributed by atoms with Crippen LogP contribution in [0.5, 0.6) is 0 Å². The normalized spacial score (nSPS) is 9.75. The third-order valence-electron chi connectivity index (χ3n) is 1.77. The summed E-state index contributed by atoms with van der Waals surface area (Å²) < 4.78 is 2.92. The Labute approximate surface area is 111 Å². The molecule has 1 aromatic carbocycles. The molecule has 0 unspecified atom stereocenters. The Balaban J connectivity index is 0.000000138. The van der Waals surface area contributed by atoms with Gasteiger partial charge in [0.15, 0.2) is 7.91 Å². The lowest BCUT2D eigenvalue weighted by atomic mass is 10.3. The molecule has 2 N–H and O–H groups in total. The molecule has 2 nitrogen and oxygen atoms in total. The molecule has 2 aromatic heterocycles. The highest BCUT2D eigenvalue weighted by molar-refractivity contribution is 7.73. The Morgan fingerprint density at radius 3 is 2.44 bits per heavy atom. The van der Waals surface area contributed by atoms with Gasteiger partial charge in [0.25, 0.3) is 0 Å². The minimum Gasteiger partial charge on any atom is -0.344 e. The first-order chi connectivity index (χ1) is 7.75. The first-order valence-corrected chi connectivity index (χ1v) is 6.97. The van der Waals surface area contributed by atoms with Gasteiger partial charge in [-0.2, -0.15) is 0 Å². The van der Waals surface area contributed by atoms with E-state index in [0.717, 1.165) is 13.4 Å². The summed E-state index contributed by atoms with van der Waals surface area (Å²) >= 11 is 12.8. The maximum atomic E-state index is 4.98. The van der Waals surface area contributed by atoms with Crippen molar-refractivity contribution in [2.24, 2.45) is 0 Å². The molecular formula is C10H8N2S4. The number of rotatable bonds is 0. The quantitative estimate of drug-likeness (QED) is 0.583. The number of thiazole rings is 2. The molecule has 6 heteroatoms. The third-order valence-corrected chi connectivity index (χ3v) is 4.00. The maximum absolute atomic E-state index is 4.98. The van der Waals surface area contributed by atoms with Crippen LogP contribution in [0.15, 0.2) is 35.8 Å². The number of nitrogens with one attached hydrogen (secondary N) is 2. The predicted octanol–water partition coefficient (Wildman–Crippen LogP) is 4.76. The zero-order valence-electron chi connectivity index (χ0n) is 8.10. The number of para-hydroxylation sites is 1. The summed E-state index contributed by atoms with van der Waals surface area (Å²) in [7, 11) is 0. The minimum atomic E-state index is 0.843. The van der Waals surface area contributed by atoms with E-state index < -0.39 is 0 Å². The second-order valence-electron chi connectivity index (χ2n) is 2.86. The highest BCUT2D eigenvalue weighted by Gasteiger charge is 1.91. The lowest BCUT2D eigenvalue weighted by Crippen LogP contribution is -1.62. The molecule has 0 atom stereocenters. The van der Waals surface area contributed by atoms with Crippen molar-refractivity contribution in [2.45, 2.75) is 0 Å². The lowest BCUT2D eigenvalue weighted by Gasteiger charge is -1.81. The van der Waals surface area contributed by atoms with Crippen LogP contribution in [0.4, 0.5) is 0 Å². The molecule has 0 aliphatic heterocycles. The van der Waals surface area contributed by atoms with Crippen molar-refractivity contribution in [2.75, 3.05) is 0 Å². The van der Waals surface area contributed by atoms with Crippen molar-refractivity contribution in [1.29, 1.82) is 0 Å². The number of aromatic amines is 2. The van der Waals surface area contributed by atoms with Crippen molar-refractivity contribution in [3.8, 4) is 0 Å². The van der Waals surface area contributed by atoms with E-state index in [1.165, 1.54) is 16.0 Å². The third kappa shape index (κ3) is 3.08. The van der Waals surface area contributed by atoms with Crippen LogP contribution < -0.4 is 0 Å². The number of hydrogen-bond donors (Lipinski definition) is 2. The SMILES string of the molecule is S=c1[nH]c2ccccc2s1.S=c1[nH]ccs1. The van der Waals surface area contributed by atoms with E-state index in [9.17, 15) is 0 Å². The van der Waals surface area contributed by atoms with E-state index in [-0.39, 0.29) is 0 Å². The predicted molar refractivity (Wildman–Crippen MR) is 76.5 cm³/mol. The van der Waals surface area contributed by atoms with Gasteiger partial charge in [0, 0.05) is 11.6 Å². The number of aromatic nitrogens is 2. The fraction of sp³-hybridized carbons (Fsp3) is 0. The van der Waals surface area contributed by atoms with E-state index in [2.05, 4.69) is 16.0 Å². The first kappa shape index (κ1) is 11.7. The average molecular weight is 284 g/mol. The number of hydrogen-bond acceptors (Lipinski definition) is 4. The van der Waals surface area contributed by atoms with Gasteiger partial charge in [-0.1, -0.05) is 12.1 Å². The summed E-state index contributed by atoms with van der Waals surface area (Å²) in [5.41, 5.74) is 1.14. The van der Waals surface area contributed by atoms with Gasteiger partial charge in [-0.15, -0.1) is 22.7 Å². The Morgan fingerprint density at radius 1 is 1.06 bits per heavy atom. The van der Waals surface area contributed by atoms with Crippen LogP contribution in [0, 0.1) is 7.91 Å². The van der Waals surface area contributed by atoms with Crippen LogP contribution in [0.25, 0.3) is 10.2 Å². The Hall–Kier alpha value is -0.820. The summed E-state index contributed by atoms with van der Waals surface area (Å²) in [5, 5.41) is 1.92. The Morgan fingerprint density at radius 2 is 1.88 bits per heavy atom. The molecule has 0 fully saturated rings. The van der Waals surface area contributed by atoms with Crippen LogP contribution in [-0.4, -0.2) is 9.97 Å². The molecule has 0 spiro atoms. The zero-order valence-corrected chi connectivity index (χ0v) is 11.4. The Kier molecular flexibility index (Phi) is 4.00. The summed E-state index contributed by atoms with van der Waals surface area (Å²) in [6, 6.07) is 8.11. The molecule has 0 saturated carbocycles. The summed E-state index contributed by atoms with van der Waals surface area (Å²) in [6.07, 6.45) is 1.83. The summed E-state index contributed by atoms with van der Waals surface area (Å²) in [6.45, 7) is 0. The number of benzene rings is 1. The van der Waals surface area contributed by atoms with Gasteiger partial charge < -0.3 is 9.97 Å². The van der Waals surface area contributed by atoms with Gasteiger partial charge in [0.1, 0.15) is 0 Å². The fourth-order valence-electron chi connectivity index (χ4n) is 1.13. The minimum absolute atomic E-state index is 0.843. The smallest absolute Gasteiger partial charge is 0.159 e. The van der Waals surface area contributed by atoms with Gasteiger partial charge in [0.05, 0.1) is 10.2 Å². The standard InChI is InChI=1S/C7H5NS2.C3H3NS2/c9-7-8-5-3-1-2-4-6(5)10-7;5-3-4-1-2-6-3/h1-4H,(H,8,9);1-2H,(H,4,5). The van der Waals surface area contributed by atoms with Crippen LogP contribution >= 0.6 is 47.1 Å². The van der Waals surface area contributed by atoms with Crippen molar-refractivity contribution in [3.63, 3.8) is 0 Å². The van der Waals surface area contributed by atoms with E-state index in [0.29, 0.717) is 0 Å². The van der Waals surface area contributed by atoms with Gasteiger partial charge in [-0.25, -0.2) is 0 Å². The summed E-state index contributed by atoms with van der Waals surface area (Å²) in [4.78, 5) is 5.93. The highest BCUT2D eigenvalue weighted by Crippen LogP contribution is 2.17. The fourth-order valence-corrected chi connectivity index (χ4v) is 2.87. The molecule has 0 saturated heterocycles. The first-order valence-electron chi connectivity index (χ1n) is 4.46. The van der Waals surface area contributed by atoms with Crippen molar-refractivity contribution < 1.29 is 0 Å². The molecule has 3 rings (SSSR count). The molecule has 16 heavy (non-hydrogen) atoms. The number of fused-ring (bicyclic) bond motifs is 1. The van der Waals surface area contributed by atoms with Gasteiger partial charge in [0.2, 0.25) is 0 Å². The number of H-pyrrole nitrogens is 2. The molecule has 0 amide bonds. The van der Waals surface area contributed by atoms with Gasteiger partial charge >= 0.3 is 0 Å². The van der Waals surface area contributed by atoms with E-state index in [4.69, 9.17) is 24.4 Å². The van der Waals surface area contributed by atoms with Crippen molar-refractivity contribution >= 4 is 57.3 Å². The Bertz CT molecular complexity index is 621. The molecule has 0 bridgehead atoms. The van der Waals surface area contributed by atoms with Gasteiger partial charge in [-0.05, 0) is 36.6 Å². The van der Waals surface area contributed by atoms with Crippen molar-refractivity contribution in [3.05, 3.63) is 43.8 Å². The van der Waals surface area contributed by atoms with Gasteiger partial charge in [-0.3, -0.25) is 0 Å². The molecule has 0 aliphatic carbocycles. The summed E-state index contributed by atoms with van der Waals surface area (Å²) in [5.74, 6) is 0. The second kappa shape index (κ2) is 5.49. The molecule has 2 heterocycles. The van der Waals surface area contributed by atoms with Crippen molar-refractivity contribution in [1.82, 2.24) is 9.97 Å².